The molecule has 0 saturated carbocycles. The summed E-state index contributed by atoms with van der Waals surface area (Å²) in [5, 5.41) is 3.56. The highest BCUT2D eigenvalue weighted by molar-refractivity contribution is 5.95. The molecule has 0 bridgehead atoms. The predicted molar refractivity (Wildman–Crippen MR) is 168 cm³/mol. The number of rotatable bonds is 7. The van der Waals surface area contributed by atoms with Gasteiger partial charge >= 0.3 is 5.97 Å². The minimum absolute atomic E-state index is 0.315. The minimum atomic E-state index is -0.329. The maximum absolute atomic E-state index is 13.2. The van der Waals surface area contributed by atoms with E-state index in [9.17, 15) is 4.79 Å². The van der Waals surface area contributed by atoms with Crippen LogP contribution in [0.25, 0.3) is 28.6 Å². The molecule has 0 saturated heterocycles. The average molecular weight is 541 g/mol. The summed E-state index contributed by atoms with van der Waals surface area (Å²) in [6.07, 6.45) is 11.2. The van der Waals surface area contributed by atoms with Crippen LogP contribution < -0.4 is 19.7 Å². The predicted octanol–water partition coefficient (Wildman–Crippen LogP) is 5.53. The van der Waals surface area contributed by atoms with Gasteiger partial charge in [0.05, 0.1) is 18.6 Å². The Morgan fingerprint density at radius 3 is 2.41 bits per heavy atom. The van der Waals surface area contributed by atoms with Crippen molar-refractivity contribution in [3.8, 4) is 0 Å². The molecule has 4 nitrogen and oxygen atoms in total. The summed E-state index contributed by atoms with van der Waals surface area (Å²) in [6, 6.07) is 31.2. The van der Waals surface area contributed by atoms with Crippen LogP contribution in [0.3, 0.4) is 0 Å². The van der Waals surface area contributed by atoms with Gasteiger partial charge in [0.25, 0.3) is 0 Å². The van der Waals surface area contributed by atoms with E-state index in [1.807, 2.05) is 44.2 Å². The van der Waals surface area contributed by atoms with Gasteiger partial charge in [0.15, 0.2) is 5.70 Å². The first kappa shape index (κ1) is 27.7. The van der Waals surface area contributed by atoms with Gasteiger partial charge in [-0.3, -0.25) is 0 Å². The molecule has 0 spiro atoms. The van der Waals surface area contributed by atoms with Crippen molar-refractivity contribution in [2.24, 2.45) is 7.05 Å². The third-order valence-corrected chi connectivity index (χ3v) is 7.52. The number of nitrogens with zero attached hydrogens (tertiary/aromatic N) is 2. The van der Waals surface area contributed by atoms with Crippen molar-refractivity contribution in [1.29, 1.82) is 0 Å². The van der Waals surface area contributed by atoms with E-state index in [2.05, 4.69) is 114 Å². The highest BCUT2D eigenvalue weighted by Crippen LogP contribution is 2.22. The zero-order chi connectivity index (χ0) is 28.8. The Kier molecular flexibility index (Phi) is 8.50. The van der Waals surface area contributed by atoms with E-state index in [0.29, 0.717) is 12.2 Å². The van der Waals surface area contributed by atoms with Gasteiger partial charge in [-0.15, -0.1) is 0 Å². The molecule has 0 fully saturated rings. The summed E-state index contributed by atoms with van der Waals surface area (Å²) in [6.45, 7) is 4.13. The highest BCUT2D eigenvalue weighted by Gasteiger charge is 2.17. The first-order valence-electron chi connectivity index (χ1n) is 14.0. The lowest BCUT2D eigenvalue weighted by molar-refractivity contribution is -0.646. The largest absolute Gasteiger partial charge is 0.462 e. The molecular formula is C37H36N2O2+2. The van der Waals surface area contributed by atoms with Crippen LogP contribution in [-0.4, -0.2) is 19.6 Å². The molecule has 0 aliphatic carbocycles. The fraction of sp³-hybridized carbons (Fsp3) is 0.162. The highest BCUT2D eigenvalue weighted by atomic mass is 16.5. The number of carbonyl (C=O) groups excluding carboxylic acids is 1. The summed E-state index contributed by atoms with van der Waals surface area (Å²) < 4.78 is 9.89. The number of hydrogen-bond acceptors (Lipinski definition) is 2. The average Bonchev–Trinajstić information content (AvgIpc) is 3.00. The number of benzene rings is 3. The van der Waals surface area contributed by atoms with E-state index in [1.54, 1.807) is 0 Å². The Morgan fingerprint density at radius 1 is 0.878 bits per heavy atom. The van der Waals surface area contributed by atoms with Crippen LogP contribution in [0.2, 0.25) is 0 Å². The Balaban J connectivity index is 1.61. The first-order valence-corrected chi connectivity index (χ1v) is 14.0. The number of fused-ring (bicyclic) bond motifs is 2. The fourth-order valence-corrected chi connectivity index (χ4v) is 5.22. The molecule has 1 aliphatic rings. The van der Waals surface area contributed by atoms with Crippen molar-refractivity contribution in [3.63, 3.8) is 0 Å². The maximum Gasteiger partial charge on any atom is 0.338 e. The molecule has 1 aromatic heterocycles. The number of para-hydroxylation sites is 2. The number of carbonyl (C=O) groups is 1. The van der Waals surface area contributed by atoms with Crippen LogP contribution in [0, 0.1) is 0 Å². The van der Waals surface area contributed by atoms with E-state index in [1.165, 1.54) is 10.6 Å². The number of hydrogen-bond donors (Lipinski definition) is 0. The summed E-state index contributed by atoms with van der Waals surface area (Å²) in [5.74, 6) is -0.329. The molecule has 204 valence electrons. The van der Waals surface area contributed by atoms with Crippen molar-refractivity contribution in [2.75, 3.05) is 13.7 Å². The summed E-state index contributed by atoms with van der Waals surface area (Å²) in [4.78, 5) is 13.2. The summed E-state index contributed by atoms with van der Waals surface area (Å²) >= 11 is 0. The second-order valence-corrected chi connectivity index (χ2v) is 10.2. The number of aromatic nitrogens is 1. The first-order chi connectivity index (χ1) is 20.0. The van der Waals surface area contributed by atoms with Crippen molar-refractivity contribution in [1.82, 2.24) is 4.58 Å². The molecule has 0 unspecified atom stereocenters. The number of aryl methyl sites for hydroxylation is 1. The lowest BCUT2D eigenvalue weighted by Gasteiger charge is -2.09. The van der Waals surface area contributed by atoms with Crippen LogP contribution in [0.5, 0.6) is 0 Å². The van der Waals surface area contributed by atoms with Gasteiger partial charge in [-0.25, -0.2) is 4.79 Å². The van der Waals surface area contributed by atoms with Crippen molar-refractivity contribution >= 4 is 34.6 Å². The molecule has 0 N–H and O–H groups in total. The Bertz CT molecular complexity index is 1860. The normalized spacial score (nSPS) is 15.1. The van der Waals surface area contributed by atoms with E-state index in [4.69, 9.17) is 4.74 Å². The topological polar surface area (TPSA) is 33.2 Å². The van der Waals surface area contributed by atoms with Crippen molar-refractivity contribution < 1.29 is 14.1 Å². The molecule has 41 heavy (non-hydrogen) atoms. The Morgan fingerprint density at radius 2 is 1.61 bits per heavy atom. The second-order valence-electron chi connectivity index (χ2n) is 10.2. The SMILES string of the molecule is CCOC(=O)C(/C=C/C(=C/c1ccc2ccccc2[n+]1C)c1ccccc1)=C(C)\C=C1\CC=c2ccccc2=[N+]1C. The maximum atomic E-state index is 13.2. The van der Waals surface area contributed by atoms with Gasteiger partial charge in [0.1, 0.15) is 14.1 Å². The lowest BCUT2D eigenvalue weighted by Crippen LogP contribution is -2.40. The smallest absolute Gasteiger partial charge is 0.338 e. The molecule has 4 heteroatoms. The Hall–Kier alpha value is -4.83. The molecule has 0 radical (unpaired) electrons. The summed E-state index contributed by atoms with van der Waals surface area (Å²) in [5.41, 5.74) is 6.80. The number of esters is 1. The van der Waals surface area contributed by atoms with Crippen LogP contribution >= 0.6 is 0 Å². The van der Waals surface area contributed by atoms with Gasteiger partial charge in [0.2, 0.25) is 16.6 Å². The zero-order valence-corrected chi connectivity index (χ0v) is 24.2. The number of allylic oxidation sites excluding steroid dienone is 5. The van der Waals surface area contributed by atoms with E-state index >= 15 is 0 Å². The standard InChI is InChI=1S/C37H36N2O2/c1-5-41-37(40)34(27(2)25-32-22-19-29-15-9-11-17-35(29)38(32)3)24-21-31(28-13-7-6-8-14-28)26-33-23-20-30-16-10-12-18-36(30)39(33)4/h6-21,23-26H,5,22H2,1-4H3/q+2/b24-21+,31-26-,32-25-,34-27-. The van der Waals surface area contributed by atoms with Crippen LogP contribution in [-0.2, 0) is 16.6 Å². The van der Waals surface area contributed by atoms with Crippen molar-refractivity contribution in [3.05, 3.63) is 148 Å². The van der Waals surface area contributed by atoms with Gasteiger partial charge in [-0.2, -0.15) is 9.14 Å². The van der Waals surface area contributed by atoms with E-state index in [-0.39, 0.29) is 5.97 Å². The molecule has 2 heterocycles. The van der Waals surface area contributed by atoms with Crippen LogP contribution in [0.15, 0.2) is 126 Å². The van der Waals surface area contributed by atoms with Gasteiger partial charge in [-0.1, -0.05) is 66.7 Å². The van der Waals surface area contributed by atoms with E-state index in [0.717, 1.165) is 45.4 Å². The molecular weight excluding hydrogens is 504 g/mol. The number of pyridine rings is 1. The monoisotopic (exact) mass is 540 g/mol. The lowest BCUT2D eigenvalue weighted by atomic mass is 10.0. The summed E-state index contributed by atoms with van der Waals surface area (Å²) in [7, 11) is 4.15. The zero-order valence-electron chi connectivity index (χ0n) is 24.2. The molecule has 4 aromatic rings. The van der Waals surface area contributed by atoms with Crippen molar-refractivity contribution in [2.45, 2.75) is 20.3 Å². The van der Waals surface area contributed by atoms with Gasteiger partial charge in [0, 0.05) is 41.0 Å². The van der Waals surface area contributed by atoms with E-state index < -0.39 is 0 Å². The third-order valence-electron chi connectivity index (χ3n) is 7.52. The molecule has 0 atom stereocenters. The van der Waals surface area contributed by atoms with Crippen LogP contribution in [0.1, 0.15) is 31.5 Å². The van der Waals surface area contributed by atoms with Gasteiger partial charge < -0.3 is 4.74 Å². The van der Waals surface area contributed by atoms with Gasteiger partial charge in [-0.05, 0) is 54.8 Å². The van der Waals surface area contributed by atoms with Crippen LogP contribution in [0.4, 0.5) is 0 Å². The molecule has 1 aliphatic heterocycles. The Labute approximate surface area is 241 Å². The number of ether oxygens (including phenoxy) is 1. The molecule has 0 amide bonds. The minimum Gasteiger partial charge on any atom is -0.462 e. The third kappa shape index (κ3) is 6.17. The molecule has 5 rings (SSSR count). The molecule has 3 aromatic carbocycles. The fourth-order valence-electron chi connectivity index (χ4n) is 5.22. The quantitative estimate of drug-likeness (QED) is 0.134. The second kappa shape index (κ2) is 12.6.